The maximum atomic E-state index is 5.63. The molecule has 0 bridgehead atoms. The third kappa shape index (κ3) is 3.12. The fourth-order valence-corrected chi connectivity index (χ4v) is 3.97. The number of nitrogens with zero attached hydrogens (tertiary/aromatic N) is 2. The van der Waals surface area contributed by atoms with Crippen LogP contribution in [0.25, 0.3) is 0 Å². The van der Waals surface area contributed by atoms with E-state index in [4.69, 9.17) is 14.2 Å². The van der Waals surface area contributed by atoms with Gasteiger partial charge in [-0.3, -0.25) is 9.80 Å². The maximum Gasteiger partial charge on any atom is 0.203 e. The molecule has 5 nitrogen and oxygen atoms in total. The minimum absolute atomic E-state index is 0.558. The average Bonchev–Trinajstić information content (AvgIpc) is 3.01. The second kappa shape index (κ2) is 6.97. The molecule has 23 heavy (non-hydrogen) atoms. The van der Waals surface area contributed by atoms with E-state index in [0.717, 1.165) is 30.4 Å². The van der Waals surface area contributed by atoms with Gasteiger partial charge in [-0.05, 0) is 32.4 Å². The Morgan fingerprint density at radius 2 is 1.83 bits per heavy atom. The van der Waals surface area contributed by atoms with Crippen molar-refractivity contribution in [1.29, 1.82) is 0 Å². The van der Waals surface area contributed by atoms with E-state index in [1.165, 1.54) is 25.9 Å². The van der Waals surface area contributed by atoms with E-state index in [0.29, 0.717) is 17.5 Å². The van der Waals surface area contributed by atoms with E-state index in [1.54, 1.807) is 21.3 Å². The molecule has 0 unspecified atom stereocenters. The zero-order valence-electron chi connectivity index (χ0n) is 14.7. The summed E-state index contributed by atoms with van der Waals surface area (Å²) in [6.07, 6.45) is 2.66. The molecular formula is C18H28N2O3. The first-order valence-corrected chi connectivity index (χ1v) is 8.43. The van der Waals surface area contributed by atoms with E-state index < -0.39 is 0 Å². The van der Waals surface area contributed by atoms with Crippen LogP contribution in [0.1, 0.15) is 25.3 Å². The summed E-state index contributed by atoms with van der Waals surface area (Å²) in [5.74, 6) is 2.18. The van der Waals surface area contributed by atoms with Gasteiger partial charge in [-0.25, -0.2) is 0 Å². The largest absolute Gasteiger partial charge is 0.493 e. The predicted octanol–water partition coefficient (Wildman–Crippen LogP) is 2.38. The fourth-order valence-electron chi connectivity index (χ4n) is 3.97. The van der Waals surface area contributed by atoms with Crippen LogP contribution in [0.4, 0.5) is 0 Å². The highest BCUT2D eigenvalue weighted by atomic mass is 16.5. The van der Waals surface area contributed by atoms with Crippen molar-refractivity contribution >= 4 is 0 Å². The van der Waals surface area contributed by atoms with Gasteiger partial charge in [-0.1, -0.05) is 6.07 Å². The number of methoxy groups -OCH3 is 3. The molecule has 0 amide bonds. The molecule has 1 aromatic rings. The van der Waals surface area contributed by atoms with Crippen molar-refractivity contribution in [2.45, 2.75) is 38.4 Å². The zero-order chi connectivity index (χ0) is 16.4. The van der Waals surface area contributed by atoms with Gasteiger partial charge in [-0.2, -0.15) is 0 Å². The summed E-state index contributed by atoms with van der Waals surface area (Å²) in [4.78, 5) is 5.21. The molecule has 0 saturated carbocycles. The lowest BCUT2D eigenvalue weighted by Gasteiger charge is -2.42. The molecule has 2 fully saturated rings. The molecule has 128 valence electrons. The molecular weight excluding hydrogens is 292 g/mol. The third-order valence-corrected chi connectivity index (χ3v) is 5.23. The summed E-state index contributed by atoms with van der Waals surface area (Å²) >= 11 is 0. The first kappa shape index (κ1) is 16.4. The van der Waals surface area contributed by atoms with Crippen molar-refractivity contribution in [1.82, 2.24) is 9.80 Å². The Kier molecular flexibility index (Phi) is 4.97. The molecule has 0 aliphatic carbocycles. The van der Waals surface area contributed by atoms with E-state index in [2.05, 4.69) is 22.8 Å². The second-order valence-corrected chi connectivity index (χ2v) is 6.56. The molecule has 2 aliphatic rings. The van der Waals surface area contributed by atoms with Crippen molar-refractivity contribution in [2.24, 2.45) is 0 Å². The first-order chi connectivity index (χ1) is 11.2. The van der Waals surface area contributed by atoms with Crippen LogP contribution in [-0.2, 0) is 6.54 Å². The highest BCUT2D eigenvalue weighted by molar-refractivity contribution is 5.55. The molecule has 0 aromatic heterocycles. The van der Waals surface area contributed by atoms with Crippen LogP contribution in [0.5, 0.6) is 17.2 Å². The van der Waals surface area contributed by atoms with Gasteiger partial charge in [-0.15, -0.1) is 0 Å². The van der Waals surface area contributed by atoms with Crippen molar-refractivity contribution in [3.8, 4) is 17.2 Å². The number of piperazine rings is 1. The normalized spacial score (nSPS) is 25.2. The first-order valence-electron chi connectivity index (χ1n) is 8.43. The third-order valence-electron chi connectivity index (χ3n) is 5.23. The summed E-state index contributed by atoms with van der Waals surface area (Å²) in [5, 5.41) is 0. The van der Waals surface area contributed by atoms with Gasteiger partial charge >= 0.3 is 0 Å². The summed E-state index contributed by atoms with van der Waals surface area (Å²) < 4.78 is 16.5. The lowest BCUT2D eigenvalue weighted by Crippen LogP contribution is -2.54. The molecule has 0 spiro atoms. The molecule has 2 saturated heterocycles. The topological polar surface area (TPSA) is 34.2 Å². The minimum atomic E-state index is 0.558. The standard InChI is InChI=1S/C18H28N2O3/c1-13-10-19-9-5-6-15(19)12-20(13)11-14-7-8-16(21-2)18(23-4)17(14)22-3/h7-8,13,15H,5-6,9-12H2,1-4H3/t13-,15-/m1/s1. The monoisotopic (exact) mass is 320 g/mol. The van der Waals surface area contributed by atoms with Crippen LogP contribution in [0, 0.1) is 0 Å². The highest BCUT2D eigenvalue weighted by Gasteiger charge is 2.34. The minimum Gasteiger partial charge on any atom is -0.493 e. The Morgan fingerprint density at radius 1 is 1.04 bits per heavy atom. The van der Waals surface area contributed by atoms with Gasteiger partial charge in [0.15, 0.2) is 11.5 Å². The zero-order valence-corrected chi connectivity index (χ0v) is 14.7. The van der Waals surface area contributed by atoms with E-state index in [9.17, 15) is 0 Å². The van der Waals surface area contributed by atoms with Crippen molar-refractivity contribution < 1.29 is 14.2 Å². The van der Waals surface area contributed by atoms with Crippen LogP contribution in [0.15, 0.2) is 12.1 Å². The van der Waals surface area contributed by atoms with Crippen LogP contribution in [-0.4, -0.2) is 62.8 Å². The van der Waals surface area contributed by atoms with Crippen LogP contribution < -0.4 is 14.2 Å². The fraction of sp³-hybridized carbons (Fsp3) is 0.667. The number of ether oxygens (including phenoxy) is 3. The lowest BCUT2D eigenvalue weighted by atomic mass is 10.1. The quantitative estimate of drug-likeness (QED) is 0.832. The van der Waals surface area contributed by atoms with Crippen LogP contribution in [0.2, 0.25) is 0 Å². The second-order valence-electron chi connectivity index (χ2n) is 6.56. The molecule has 3 rings (SSSR count). The molecule has 1 aromatic carbocycles. The smallest absolute Gasteiger partial charge is 0.203 e. The van der Waals surface area contributed by atoms with E-state index in [-0.39, 0.29) is 0 Å². The lowest BCUT2D eigenvalue weighted by molar-refractivity contribution is 0.0534. The molecule has 2 aliphatic heterocycles. The molecule has 0 N–H and O–H groups in total. The number of benzene rings is 1. The number of hydrogen-bond acceptors (Lipinski definition) is 5. The highest BCUT2D eigenvalue weighted by Crippen LogP contribution is 2.40. The van der Waals surface area contributed by atoms with E-state index in [1.807, 2.05) is 6.07 Å². The Balaban J connectivity index is 1.81. The Bertz CT molecular complexity index is 549. The summed E-state index contributed by atoms with van der Waals surface area (Å²) in [5.41, 5.74) is 1.16. The maximum absolute atomic E-state index is 5.63. The molecule has 5 heteroatoms. The molecule has 2 atom stereocenters. The van der Waals surface area contributed by atoms with Crippen LogP contribution in [0.3, 0.4) is 0 Å². The number of hydrogen-bond donors (Lipinski definition) is 0. The summed E-state index contributed by atoms with van der Waals surface area (Å²) in [6, 6.07) is 5.33. The Hall–Kier alpha value is -1.46. The number of fused-ring (bicyclic) bond motifs is 1. The van der Waals surface area contributed by atoms with Crippen LogP contribution >= 0.6 is 0 Å². The van der Waals surface area contributed by atoms with Gasteiger partial charge < -0.3 is 14.2 Å². The predicted molar refractivity (Wildman–Crippen MR) is 90.6 cm³/mol. The molecule has 0 radical (unpaired) electrons. The van der Waals surface area contributed by atoms with E-state index >= 15 is 0 Å². The summed E-state index contributed by atoms with van der Waals surface area (Å²) in [7, 11) is 5.00. The van der Waals surface area contributed by atoms with Crippen molar-refractivity contribution in [3.63, 3.8) is 0 Å². The number of rotatable bonds is 5. The van der Waals surface area contributed by atoms with Gasteiger partial charge in [0.05, 0.1) is 21.3 Å². The van der Waals surface area contributed by atoms with Crippen molar-refractivity contribution in [2.75, 3.05) is 41.0 Å². The van der Waals surface area contributed by atoms with Gasteiger partial charge in [0.1, 0.15) is 0 Å². The Morgan fingerprint density at radius 3 is 2.52 bits per heavy atom. The SMILES string of the molecule is COc1ccc(CN2C[C@H]3CCCN3C[C@H]2C)c(OC)c1OC. The van der Waals surface area contributed by atoms with Gasteiger partial charge in [0.25, 0.3) is 0 Å². The van der Waals surface area contributed by atoms with Gasteiger partial charge in [0, 0.05) is 37.3 Å². The molecule has 2 heterocycles. The summed E-state index contributed by atoms with van der Waals surface area (Å²) in [6.45, 7) is 6.78. The Labute approximate surface area is 139 Å². The van der Waals surface area contributed by atoms with Crippen molar-refractivity contribution in [3.05, 3.63) is 17.7 Å². The van der Waals surface area contributed by atoms with Gasteiger partial charge in [0.2, 0.25) is 5.75 Å². The average molecular weight is 320 g/mol.